The number of hydrogen-bond acceptors (Lipinski definition) is 7. The van der Waals surface area contributed by atoms with Crippen LogP contribution < -0.4 is 5.73 Å². The molecule has 0 aliphatic carbocycles. The molecule has 33 heavy (non-hydrogen) atoms. The van der Waals surface area contributed by atoms with Crippen LogP contribution in [0.3, 0.4) is 0 Å². The quantitative estimate of drug-likeness (QED) is 0.560. The lowest BCUT2D eigenvalue weighted by atomic mass is 9.95. The van der Waals surface area contributed by atoms with Crippen molar-refractivity contribution in [3.63, 3.8) is 0 Å². The van der Waals surface area contributed by atoms with E-state index in [1.54, 1.807) is 20.8 Å². The van der Waals surface area contributed by atoms with Gasteiger partial charge in [-0.2, -0.15) is 0 Å². The molecule has 1 saturated heterocycles. The van der Waals surface area contributed by atoms with Crippen LogP contribution in [-0.2, 0) is 25.4 Å². The number of carbonyl (C=O) groups is 2. The Morgan fingerprint density at radius 1 is 1.27 bits per heavy atom. The van der Waals surface area contributed by atoms with Gasteiger partial charge >= 0.3 is 12.1 Å². The molecule has 0 bridgehead atoms. The molecule has 186 valence electrons. The van der Waals surface area contributed by atoms with Gasteiger partial charge in [0.25, 0.3) is 0 Å². The van der Waals surface area contributed by atoms with Crippen LogP contribution in [0, 0.1) is 11.6 Å². The van der Waals surface area contributed by atoms with Crippen molar-refractivity contribution in [2.75, 3.05) is 19.8 Å². The number of hydrogen-bond donors (Lipinski definition) is 2. The maximum absolute atomic E-state index is 13.5. The number of morpholine rings is 1. The summed E-state index contributed by atoms with van der Waals surface area (Å²) >= 11 is 0. The first-order valence-electron chi connectivity index (χ1n) is 11.0. The number of esters is 1. The van der Waals surface area contributed by atoms with Crippen molar-refractivity contribution < 1.29 is 37.7 Å². The van der Waals surface area contributed by atoms with Crippen molar-refractivity contribution >= 4 is 12.1 Å². The number of aliphatic hydroxyl groups excluding tert-OH is 1. The molecule has 0 aromatic heterocycles. The molecule has 10 heteroatoms. The van der Waals surface area contributed by atoms with E-state index in [4.69, 9.17) is 19.9 Å². The third-order valence-electron chi connectivity index (χ3n) is 5.04. The number of carbonyl (C=O) groups excluding carboxylic acids is 2. The van der Waals surface area contributed by atoms with Crippen molar-refractivity contribution in [2.24, 2.45) is 5.73 Å². The monoisotopic (exact) mass is 472 g/mol. The van der Waals surface area contributed by atoms with E-state index >= 15 is 0 Å². The fourth-order valence-corrected chi connectivity index (χ4v) is 3.52. The van der Waals surface area contributed by atoms with Crippen LogP contribution in [-0.4, -0.2) is 71.7 Å². The second-order valence-electron chi connectivity index (χ2n) is 9.22. The van der Waals surface area contributed by atoms with E-state index in [0.29, 0.717) is 6.42 Å². The first-order valence-corrected chi connectivity index (χ1v) is 11.0. The van der Waals surface area contributed by atoms with Gasteiger partial charge in [-0.1, -0.05) is 6.92 Å². The zero-order valence-electron chi connectivity index (χ0n) is 19.6. The predicted molar refractivity (Wildman–Crippen MR) is 116 cm³/mol. The molecular formula is C23H34F2N2O6. The number of benzene rings is 1. The Kier molecular flexibility index (Phi) is 9.57. The van der Waals surface area contributed by atoms with Crippen LogP contribution in [0.15, 0.2) is 18.2 Å². The van der Waals surface area contributed by atoms with Crippen molar-refractivity contribution in [2.45, 2.75) is 76.9 Å². The molecule has 1 aliphatic rings. The maximum atomic E-state index is 13.5. The van der Waals surface area contributed by atoms with Gasteiger partial charge in [0.2, 0.25) is 0 Å². The number of halogens is 2. The molecule has 1 amide bonds. The van der Waals surface area contributed by atoms with Gasteiger partial charge in [-0.25, -0.2) is 13.6 Å². The third kappa shape index (κ3) is 8.53. The summed E-state index contributed by atoms with van der Waals surface area (Å²) in [6.07, 6.45) is -1.65. The van der Waals surface area contributed by atoms with Crippen LogP contribution in [0.5, 0.6) is 0 Å². The molecular weight excluding hydrogens is 438 g/mol. The number of rotatable bonds is 8. The molecule has 0 saturated carbocycles. The summed E-state index contributed by atoms with van der Waals surface area (Å²) in [4.78, 5) is 25.9. The van der Waals surface area contributed by atoms with E-state index in [1.807, 2.05) is 6.92 Å². The van der Waals surface area contributed by atoms with Crippen LogP contribution >= 0.6 is 0 Å². The van der Waals surface area contributed by atoms with Crippen LogP contribution in [0.4, 0.5) is 13.6 Å². The predicted octanol–water partition coefficient (Wildman–Crippen LogP) is 2.54. The lowest BCUT2D eigenvalue weighted by molar-refractivity contribution is -0.155. The molecule has 3 N–H and O–H groups in total. The number of ether oxygens (including phenoxy) is 3. The topological polar surface area (TPSA) is 111 Å². The third-order valence-corrected chi connectivity index (χ3v) is 5.04. The summed E-state index contributed by atoms with van der Waals surface area (Å²) in [5, 5.41) is 10.9. The molecule has 1 fully saturated rings. The minimum atomic E-state index is -1.27. The lowest BCUT2D eigenvalue weighted by Crippen LogP contribution is -2.62. The van der Waals surface area contributed by atoms with Crippen LogP contribution in [0.2, 0.25) is 0 Å². The fourth-order valence-electron chi connectivity index (χ4n) is 3.52. The Labute approximate surface area is 193 Å². The molecule has 2 rings (SSSR count). The molecule has 1 aliphatic heterocycles. The summed E-state index contributed by atoms with van der Waals surface area (Å²) in [6, 6.07) is 1.22. The van der Waals surface area contributed by atoms with Gasteiger partial charge in [0.15, 0.2) is 0 Å². The molecule has 0 radical (unpaired) electrons. The Morgan fingerprint density at radius 3 is 2.48 bits per heavy atom. The molecule has 8 nitrogen and oxygen atoms in total. The molecule has 2 unspecified atom stereocenters. The normalized spacial score (nSPS) is 20.8. The van der Waals surface area contributed by atoms with Gasteiger partial charge in [-0.15, -0.1) is 0 Å². The van der Waals surface area contributed by atoms with Gasteiger partial charge < -0.3 is 25.1 Å². The summed E-state index contributed by atoms with van der Waals surface area (Å²) in [6.45, 7) is 6.88. The van der Waals surface area contributed by atoms with E-state index in [1.165, 1.54) is 4.90 Å². The second-order valence-corrected chi connectivity index (χ2v) is 9.22. The average Bonchev–Trinajstić information content (AvgIpc) is 2.69. The summed E-state index contributed by atoms with van der Waals surface area (Å²) in [5.41, 5.74) is 5.63. The number of nitrogens with two attached hydrogens (primary N) is 1. The van der Waals surface area contributed by atoms with Crippen molar-refractivity contribution in [3.05, 3.63) is 35.4 Å². The zero-order valence-corrected chi connectivity index (χ0v) is 19.6. The number of aliphatic hydroxyl groups is 1. The maximum Gasteiger partial charge on any atom is 0.410 e. The van der Waals surface area contributed by atoms with Gasteiger partial charge in [0.05, 0.1) is 25.3 Å². The fraction of sp³-hybridized carbons (Fsp3) is 0.652. The van der Waals surface area contributed by atoms with Crippen LogP contribution in [0.25, 0.3) is 0 Å². The summed E-state index contributed by atoms with van der Waals surface area (Å²) in [7, 11) is 0. The Hall–Kier alpha value is -2.30. The highest BCUT2D eigenvalue weighted by molar-refractivity contribution is 5.69. The summed E-state index contributed by atoms with van der Waals surface area (Å²) in [5.74, 6) is -1.86. The first-order chi connectivity index (χ1) is 15.4. The zero-order chi connectivity index (χ0) is 24.8. The first kappa shape index (κ1) is 26.9. The Morgan fingerprint density at radius 2 is 1.91 bits per heavy atom. The molecule has 1 aromatic carbocycles. The van der Waals surface area contributed by atoms with Gasteiger partial charge in [0, 0.05) is 18.5 Å². The van der Waals surface area contributed by atoms with Gasteiger partial charge in [0.1, 0.15) is 29.9 Å². The Balaban J connectivity index is 2.12. The molecule has 0 spiro atoms. The number of amides is 1. The highest BCUT2D eigenvalue weighted by Crippen LogP contribution is 2.22. The van der Waals surface area contributed by atoms with Crippen molar-refractivity contribution in [1.82, 2.24) is 4.90 Å². The van der Waals surface area contributed by atoms with Gasteiger partial charge in [-0.05, 0) is 51.3 Å². The highest BCUT2D eigenvalue weighted by atomic mass is 19.1. The second kappa shape index (κ2) is 11.7. The van der Waals surface area contributed by atoms with Crippen molar-refractivity contribution in [1.29, 1.82) is 0 Å². The van der Waals surface area contributed by atoms with E-state index in [0.717, 1.165) is 18.2 Å². The standard InChI is InChI=1S/C23H34F2N2O6/c1-5-6-20(28)32-12-17-11-27(22(30)33-23(2,3)4)19(13-31-17)21(29)18(26)9-14-7-15(24)10-16(25)8-14/h7-8,10,17-19,21,29H,5-6,9,11-13,26H2,1-4H3/t17?,18-,19?,21-/m0/s1. The minimum Gasteiger partial charge on any atom is -0.463 e. The van der Waals surface area contributed by atoms with Gasteiger partial charge in [-0.3, -0.25) is 9.69 Å². The summed E-state index contributed by atoms with van der Waals surface area (Å²) < 4.78 is 43.4. The molecule has 1 heterocycles. The van der Waals surface area contributed by atoms with Crippen molar-refractivity contribution in [3.8, 4) is 0 Å². The van der Waals surface area contributed by atoms with E-state index < -0.39 is 47.6 Å². The largest absolute Gasteiger partial charge is 0.463 e. The Bertz CT molecular complexity index is 796. The molecule has 4 atom stereocenters. The SMILES string of the molecule is CCCC(=O)OCC1CN(C(=O)OC(C)(C)C)C([C@@H](O)[C@@H](N)Cc2cc(F)cc(F)c2)CO1. The molecule has 1 aromatic rings. The highest BCUT2D eigenvalue weighted by Gasteiger charge is 2.41. The van der Waals surface area contributed by atoms with E-state index in [-0.39, 0.29) is 44.1 Å². The van der Waals surface area contributed by atoms with E-state index in [2.05, 4.69) is 0 Å². The average molecular weight is 473 g/mol. The minimum absolute atomic E-state index is 0.0113. The number of nitrogens with zero attached hydrogens (tertiary/aromatic N) is 1. The van der Waals surface area contributed by atoms with Crippen LogP contribution in [0.1, 0.15) is 46.1 Å². The van der Waals surface area contributed by atoms with E-state index in [9.17, 15) is 23.5 Å². The lowest BCUT2D eigenvalue weighted by Gasteiger charge is -2.43. The smallest absolute Gasteiger partial charge is 0.410 e.